The molecule has 124 valence electrons. The van der Waals surface area contributed by atoms with Crippen LogP contribution in [0.5, 0.6) is 0 Å². The molecule has 1 heterocycles. The van der Waals surface area contributed by atoms with Crippen LogP contribution in [-0.2, 0) is 4.79 Å². The molecule has 7 heteroatoms. The Bertz CT molecular complexity index is 806. The lowest BCUT2D eigenvalue weighted by molar-refractivity contribution is -0.117. The molecule has 0 bridgehead atoms. The minimum Gasteiger partial charge on any atom is -0.319 e. The van der Waals surface area contributed by atoms with Gasteiger partial charge in [-0.15, -0.1) is 0 Å². The quantitative estimate of drug-likeness (QED) is 0.874. The fourth-order valence-corrected chi connectivity index (χ4v) is 2.53. The third-order valence-corrected chi connectivity index (χ3v) is 3.80. The third kappa shape index (κ3) is 2.97. The van der Waals surface area contributed by atoms with Crippen LogP contribution in [0.15, 0.2) is 36.4 Å². The van der Waals surface area contributed by atoms with E-state index in [0.717, 1.165) is 18.6 Å². The van der Waals surface area contributed by atoms with Gasteiger partial charge in [-0.3, -0.25) is 9.59 Å². The number of carbonyl (C=O) groups excluding carboxylic acids is 2. The average Bonchev–Trinajstić information content (AvgIpc) is 3.01. The summed E-state index contributed by atoms with van der Waals surface area (Å²) in [5, 5.41) is 2.19. The highest BCUT2D eigenvalue weighted by Gasteiger charge is 2.22. The number of anilines is 2. The van der Waals surface area contributed by atoms with Gasteiger partial charge in [0, 0.05) is 24.2 Å². The van der Waals surface area contributed by atoms with Crippen molar-refractivity contribution in [3.63, 3.8) is 0 Å². The van der Waals surface area contributed by atoms with E-state index in [2.05, 4.69) is 5.32 Å². The number of halogens is 3. The molecule has 3 rings (SSSR count). The molecule has 0 aromatic heterocycles. The largest absolute Gasteiger partial charge is 0.319 e. The summed E-state index contributed by atoms with van der Waals surface area (Å²) in [4.78, 5) is 25.4. The number of nitrogens with zero attached hydrogens (tertiary/aromatic N) is 1. The van der Waals surface area contributed by atoms with E-state index in [1.165, 1.54) is 12.1 Å². The second kappa shape index (κ2) is 6.35. The van der Waals surface area contributed by atoms with Crippen LogP contribution in [-0.4, -0.2) is 18.4 Å². The van der Waals surface area contributed by atoms with Crippen LogP contribution in [0.1, 0.15) is 23.2 Å². The van der Waals surface area contributed by atoms with Gasteiger partial charge in [0.15, 0.2) is 17.5 Å². The zero-order valence-corrected chi connectivity index (χ0v) is 12.5. The smallest absolute Gasteiger partial charge is 0.255 e. The summed E-state index contributed by atoms with van der Waals surface area (Å²) in [6.45, 7) is 0.629. The summed E-state index contributed by atoms with van der Waals surface area (Å²) in [6, 6.07) is 7.86. The molecule has 0 unspecified atom stereocenters. The van der Waals surface area contributed by atoms with Crippen molar-refractivity contribution in [2.45, 2.75) is 12.8 Å². The molecule has 2 aromatic carbocycles. The SMILES string of the molecule is O=C(Nc1ccc(F)c(F)c1F)c1ccc(N2CCCC2=O)cc1. The van der Waals surface area contributed by atoms with E-state index in [1.807, 2.05) is 0 Å². The minimum atomic E-state index is -1.64. The molecule has 1 aliphatic rings. The van der Waals surface area contributed by atoms with Crippen molar-refractivity contribution in [3.05, 3.63) is 59.4 Å². The molecule has 0 spiro atoms. The van der Waals surface area contributed by atoms with Crippen LogP contribution < -0.4 is 10.2 Å². The van der Waals surface area contributed by atoms with E-state index in [0.29, 0.717) is 18.7 Å². The topological polar surface area (TPSA) is 49.4 Å². The first-order chi connectivity index (χ1) is 11.5. The van der Waals surface area contributed by atoms with Crippen molar-refractivity contribution in [1.29, 1.82) is 0 Å². The Hall–Kier alpha value is -2.83. The highest BCUT2D eigenvalue weighted by Crippen LogP contribution is 2.23. The Morgan fingerprint density at radius 2 is 1.71 bits per heavy atom. The van der Waals surface area contributed by atoms with E-state index in [-0.39, 0.29) is 11.5 Å². The normalized spacial score (nSPS) is 14.1. The van der Waals surface area contributed by atoms with Crippen LogP contribution in [0.2, 0.25) is 0 Å². The Kier molecular flexibility index (Phi) is 4.24. The first-order valence-corrected chi connectivity index (χ1v) is 7.32. The second-order valence-electron chi connectivity index (χ2n) is 5.37. The first-order valence-electron chi connectivity index (χ1n) is 7.32. The molecule has 0 saturated carbocycles. The lowest BCUT2D eigenvalue weighted by Gasteiger charge is -2.15. The number of carbonyl (C=O) groups is 2. The molecular weight excluding hydrogens is 321 g/mol. The van der Waals surface area contributed by atoms with Crippen molar-refractivity contribution < 1.29 is 22.8 Å². The van der Waals surface area contributed by atoms with Gasteiger partial charge in [0.1, 0.15) is 0 Å². The molecule has 1 N–H and O–H groups in total. The molecule has 0 radical (unpaired) electrons. The van der Waals surface area contributed by atoms with Crippen LogP contribution in [0.3, 0.4) is 0 Å². The minimum absolute atomic E-state index is 0.0241. The summed E-state index contributed by atoms with van der Waals surface area (Å²) < 4.78 is 39.6. The summed E-state index contributed by atoms with van der Waals surface area (Å²) in [5.74, 6) is -5.07. The van der Waals surface area contributed by atoms with Gasteiger partial charge in [0.25, 0.3) is 5.91 Å². The Morgan fingerprint density at radius 3 is 2.33 bits per heavy atom. The maximum absolute atomic E-state index is 13.6. The Balaban J connectivity index is 1.76. The standard InChI is InChI=1S/C17H13F3N2O2/c18-12-7-8-13(16(20)15(12)19)21-17(24)10-3-5-11(6-4-10)22-9-1-2-14(22)23/h3-8H,1-2,9H2,(H,21,24). The average molecular weight is 334 g/mol. The maximum Gasteiger partial charge on any atom is 0.255 e. The molecule has 4 nitrogen and oxygen atoms in total. The molecule has 2 aromatic rings. The summed E-state index contributed by atoms with van der Waals surface area (Å²) >= 11 is 0. The van der Waals surface area contributed by atoms with Gasteiger partial charge in [-0.1, -0.05) is 0 Å². The van der Waals surface area contributed by atoms with Crippen LogP contribution in [0, 0.1) is 17.5 Å². The number of amides is 2. The number of rotatable bonds is 3. The Morgan fingerprint density at radius 1 is 1.00 bits per heavy atom. The Labute approximate surface area is 135 Å². The van der Waals surface area contributed by atoms with Crippen LogP contribution in [0.25, 0.3) is 0 Å². The predicted octanol–water partition coefficient (Wildman–Crippen LogP) is 3.48. The van der Waals surface area contributed by atoms with Gasteiger partial charge in [-0.2, -0.15) is 0 Å². The maximum atomic E-state index is 13.6. The van der Waals surface area contributed by atoms with E-state index in [1.54, 1.807) is 17.0 Å². The number of hydrogen-bond acceptors (Lipinski definition) is 2. The fraction of sp³-hybridized carbons (Fsp3) is 0.176. The van der Waals surface area contributed by atoms with E-state index in [9.17, 15) is 22.8 Å². The van der Waals surface area contributed by atoms with Gasteiger partial charge in [-0.25, -0.2) is 13.2 Å². The third-order valence-electron chi connectivity index (χ3n) is 3.80. The van der Waals surface area contributed by atoms with Gasteiger partial charge >= 0.3 is 0 Å². The summed E-state index contributed by atoms with van der Waals surface area (Å²) in [5.41, 5.74) is 0.431. The zero-order chi connectivity index (χ0) is 17.3. The highest BCUT2D eigenvalue weighted by molar-refractivity contribution is 6.05. The van der Waals surface area contributed by atoms with Crippen molar-refractivity contribution >= 4 is 23.2 Å². The van der Waals surface area contributed by atoms with Crippen molar-refractivity contribution in [3.8, 4) is 0 Å². The summed E-state index contributed by atoms with van der Waals surface area (Å²) in [7, 11) is 0. The van der Waals surface area contributed by atoms with E-state index >= 15 is 0 Å². The fourth-order valence-electron chi connectivity index (χ4n) is 2.53. The molecule has 2 amide bonds. The molecule has 0 atom stereocenters. The van der Waals surface area contributed by atoms with Gasteiger partial charge in [-0.05, 0) is 42.8 Å². The lowest BCUT2D eigenvalue weighted by Crippen LogP contribution is -2.23. The molecule has 24 heavy (non-hydrogen) atoms. The number of nitrogens with one attached hydrogen (secondary N) is 1. The molecule has 1 saturated heterocycles. The molecule has 1 fully saturated rings. The van der Waals surface area contributed by atoms with Gasteiger partial charge in [0.05, 0.1) is 5.69 Å². The number of hydrogen-bond donors (Lipinski definition) is 1. The van der Waals surface area contributed by atoms with Crippen molar-refractivity contribution in [2.75, 3.05) is 16.8 Å². The zero-order valence-electron chi connectivity index (χ0n) is 12.5. The van der Waals surface area contributed by atoms with Crippen LogP contribution >= 0.6 is 0 Å². The first kappa shape index (κ1) is 16.0. The lowest BCUT2D eigenvalue weighted by atomic mass is 10.1. The van der Waals surface area contributed by atoms with Crippen LogP contribution in [0.4, 0.5) is 24.5 Å². The van der Waals surface area contributed by atoms with E-state index < -0.39 is 29.0 Å². The summed E-state index contributed by atoms with van der Waals surface area (Å²) in [6.07, 6.45) is 1.29. The second-order valence-corrected chi connectivity index (χ2v) is 5.37. The van der Waals surface area contributed by atoms with Crippen molar-refractivity contribution in [2.24, 2.45) is 0 Å². The monoisotopic (exact) mass is 334 g/mol. The number of benzene rings is 2. The highest BCUT2D eigenvalue weighted by atomic mass is 19.2. The molecular formula is C17H13F3N2O2. The predicted molar refractivity (Wildman–Crippen MR) is 82.3 cm³/mol. The van der Waals surface area contributed by atoms with E-state index in [4.69, 9.17) is 0 Å². The molecule has 0 aliphatic carbocycles. The van der Waals surface area contributed by atoms with Gasteiger partial charge < -0.3 is 10.2 Å². The van der Waals surface area contributed by atoms with Gasteiger partial charge in [0.2, 0.25) is 5.91 Å². The van der Waals surface area contributed by atoms with Crippen molar-refractivity contribution in [1.82, 2.24) is 0 Å². The molecule has 1 aliphatic heterocycles.